The standard InChI is InChI=1S/C14H15NO2S/c15-8-12-6-11(9-18-12)10-2-3-13-14(7-10)17-5-1-4-16-13/h2-3,6-7,9H,1,4-5,8,15H2. The Morgan fingerprint density at radius 2 is 1.89 bits per heavy atom. The molecule has 4 heteroatoms. The van der Waals surface area contributed by atoms with Gasteiger partial charge in [-0.3, -0.25) is 0 Å². The molecule has 1 aliphatic rings. The molecule has 0 atom stereocenters. The predicted octanol–water partition coefficient (Wildman–Crippen LogP) is 3.04. The maximum atomic E-state index is 5.70. The van der Waals surface area contributed by atoms with E-state index >= 15 is 0 Å². The van der Waals surface area contributed by atoms with Crippen molar-refractivity contribution in [3.63, 3.8) is 0 Å². The fraction of sp³-hybridized carbons (Fsp3) is 0.286. The molecule has 2 aromatic rings. The molecule has 0 saturated carbocycles. The van der Waals surface area contributed by atoms with Gasteiger partial charge in [0.2, 0.25) is 0 Å². The van der Waals surface area contributed by atoms with Gasteiger partial charge in [-0.1, -0.05) is 6.07 Å². The monoisotopic (exact) mass is 261 g/mol. The zero-order valence-corrected chi connectivity index (χ0v) is 10.8. The lowest BCUT2D eigenvalue weighted by molar-refractivity contribution is 0.297. The van der Waals surface area contributed by atoms with E-state index in [1.54, 1.807) is 11.3 Å². The average molecular weight is 261 g/mol. The van der Waals surface area contributed by atoms with Crippen LogP contribution in [0.25, 0.3) is 11.1 Å². The van der Waals surface area contributed by atoms with Gasteiger partial charge in [-0.05, 0) is 34.7 Å². The summed E-state index contributed by atoms with van der Waals surface area (Å²) in [5.41, 5.74) is 7.98. The van der Waals surface area contributed by atoms with Crippen molar-refractivity contribution in [1.29, 1.82) is 0 Å². The van der Waals surface area contributed by atoms with E-state index in [2.05, 4.69) is 17.5 Å². The fourth-order valence-electron chi connectivity index (χ4n) is 1.98. The van der Waals surface area contributed by atoms with Crippen molar-refractivity contribution in [2.75, 3.05) is 13.2 Å². The normalized spacial score (nSPS) is 14.3. The number of benzene rings is 1. The SMILES string of the molecule is NCc1cc(-c2ccc3c(c2)OCCCO3)cs1. The van der Waals surface area contributed by atoms with Gasteiger partial charge in [0.05, 0.1) is 13.2 Å². The molecule has 0 amide bonds. The summed E-state index contributed by atoms with van der Waals surface area (Å²) in [6.45, 7) is 2.03. The third-order valence-electron chi connectivity index (χ3n) is 2.94. The number of fused-ring (bicyclic) bond motifs is 1. The van der Waals surface area contributed by atoms with E-state index in [9.17, 15) is 0 Å². The first-order chi connectivity index (χ1) is 8.86. The van der Waals surface area contributed by atoms with Crippen LogP contribution >= 0.6 is 11.3 Å². The number of hydrogen-bond donors (Lipinski definition) is 1. The van der Waals surface area contributed by atoms with E-state index in [1.807, 2.05) is 12.1 Å². The largest absolute Gasteiger partial charge is 0.490 e. The molecule has 0 bridgehead atoms. The van der Waals surface area contributed by atoms with Crippen LogP contribution < -0.4 is 15.2 Å². The van der Waals surface area contributed by atoms with Crippen LogP contribution in [0.4, 0.5) is 0 Å². The second-order valence-corrected chi connectivity index (χ2v) is 5.21. The first-order valence-electron chi connectivity index (χ1n) is 6.04. The van der Waals surface area contributed by atoms with Gasteiger partial charge in [-0.15, -0.1) is 11.3 Å². The zero-order chi connectivity index (χ0) is 12.4. The van der Waals surface area contributed by atoms with Gasteiger partial charge < -0.3 is 15.2 Å². The van der Waals surface area contributed by atoms with E-state index < -0.39 is 0 Å². The lowest BCUT2D eigenvalue weighted by atomic mass is 10.1. The molecule has 2 N–H and O–H groups in total. The lowest BCUT2D eigenvalue weighted by Gasteiger charge is -2.08. The van der Waals surface area contributed by atoms with Gasteiger partial charge in [0.25, 0.3) is 0 Å². The Bertz CT molecular complexity index is 550. The summed E-state index contributed by atoms with van der Waals surface area (Å²) in [4.78, 5) is 1.19. The number of ether oxygens (including phenoxy) is 2. The van der Waals surface area contributed by atoms with Crippen LogP contribution in [0.15, 0.2) is 29.6 Å². The number of hydrogen-bond acceptors (Lipinski definition) is 4. The third kappa shape index (κ3) is 2.21. The highest BCUT2D eigenvalue weighted by Crippen LogP contribution is 2.35. The summed E-state index contributed by atoms with van der Waals surface area (Å²) in [7, 11) is 0. The molecule has 1 aromatic carbocycles. The number of thiophene rings is 1. The van der Waals surface area contributed by atoms with Crippen LogP contribution in [0.5, 0.6) is 11.5 Å². The van der Waals surface area contributed by atoms with Crippen molar-refractivity contribution in [1.82, 2.24) is 0 Å². The molecule has 0 radical (unpaired) electrons. The maximum Gasteiger partial charge on any atom is 0.161 e. The molecule has 2 heterocycles. The van der Waals surface area contributed by atoms with Crippen LogP contribution in [0.3, 0.4) is 0 Å². The molecule has 18 heavy (non-hydrogen) atoms. The van der Waals surface area contributed by atoms with Gasteiger partial charge in [-0.25, -0.2) is 0 Å². The summed E-state index contributed by atoms with van der Waals surface area (Å²) in [6.07, 6.45) is 0.930. The summed E-state index contributed by atoms with van der Waals surface area (Å²) in [5.74, 6) is 1.68. The van der Waals surface area contributed by atoms with Gasteiger partial charge >= 0.3 is 0 Å². The molecule has 1 aliphatic heterocycles. The average Bonchev–Trinajstić information content (AvgIpc) is 2.76. The second-order valence-electron chi connectivity index (χ2n) is 4.22. The Labute approximate surface area is 110 Å². The maximum absolute atomic E-state index is 5.70. The summed E-state index contributed by atoms with van der Waals surface area (Å²) in [5, 5.41) is 2.13. The molecule has 0 unspecified atom stereocenters. The molecule has 94 valence electrons. The minimum atomic E-state index is 0.592. The topological polar surface area (TPSA) is 44.5 Å². The third-order valence-corrected chi connectivity index (χ3v) is 3.89. The minimum Gasteiger partial charge on any atom is -0.490 e. The van der Waals surface area contributed by atoms with Crippen molar-refractivity contribution in [2.45, 2.75) is 13.0 Å². The van der Waals surface area contributed by atoms with E-state index in [4.69, 9.17) is 15.2 Å². The fourth-order valence-corrected chi connectivity index (χ4v) is 2.76. The van der Waals surface area contributed by atoms with E-state index in [1.165, 1.54) is 10.4 Å². The minimum absolute atomic E-state index is 0.592. The van der Waals surface area contributed by atoms with Crippen LogP contribution in [0.1, 0.15) is 11.3 Å². The van der Waals surface area contributed by atoms with Gasteiger partial charge in [0, 0.05) is 17.8 Å². The smallest absolute Gasteiger partial charge is 0.161 e. The highest BCUT2D eigenvalue weighted by Gasteiger charge is 2.11. The van der Waals surface area contributed by atoms with Crippen LogP contribution in [0, 0.1) is 0 Å². The number of nitrogens with two attached hydrogens (primary N) is 1. The van der Waals surface area contributed by atoms with Crippen LogP contribution in [0.2, 0.25) is 0 Å². The van der Waals surface area contributed by atoms with Crippen molar-refractivity contribution in [3.05, 3.63) is 34.5 Å². The molecule has 0 spiro atoms. The summed E-state index contributed by atoms with van der Waals surface area (Å²) in [6, 6.07) is 8.22. The molecular weight excluding hydrogens is 246 g/mol. The summed E-state index contributed by atoms with van der Waals surface area (Å²) >= 11 is 1.69. The Hall–Kier alpha value is -1.52. The first-order valence-corrected chi connectivity index (χ1v) is 6.92. The Balaban J connectivity index is 1.95. The molecule has 1 aromatic heterocycles. The second kappa shape index (κ2) is 5.00. The molecule has 0 fully saturated rings. The van der Waals surface area contributed by atoms with Gasteiger partial charge in [0.1, 0.15) is 0 Å². The zero-order valence-electron chi connectivity index (χ0n) is 10.0. The van der Waals surface area contributed by atoms with Gasteiger partial charge in [-0.2, -0.15) is 0 Å². The van der Waals surface area contributed by atoms with E-state index in [-0.39, 0.29) is 0 Å². The first kappa shape index (κ1) is 11.6. The highest BCUT2D eigenvalue weighted by atomic mass is 32.1. The number of rotatable bonds is 2. The Kier molecular flexibility index (Phi) is 3.21. The molecular formula is C14H15NO2S. The quantitative estimate of drug-likeness (QED) is 0.903. The van der Waals surface area contributed by atoms with Crippen LogP contribution in [-0.4, -0.2) is 13.2 Å². The Morgan fingerprint density at radius 3 is 2.67 bits per heavy atom. The van der Waals surface area contributed by atoms with Crippen molar-refractivity contribution in [2.24, 2.45) is 5.73 Å². The lowest BCUT2D eigenvalue weighted by Crippen LogP contribution is -1.97. The van der Waals surface area contributed by atoms with Crippen molar-refractivity contribution in [3.8, 4) is 22.6 Å². The van der Waals surface area contributed by atoms with E-state index in [0.29, 0.717) is 13.2 Å². The Morgan fingerprint density at radius 1 is 1.06 bits per heavy atom. The molecule has 0 aliphatic carbocycles. The molecule has 3 rings (SSSR count). The summed E-state index contributed by atoms with van der Waals surface area (Å²) < 4.78 is 11.3. The van der Waals surface area contributed by atoms with E-state index in [0.717, 1.165) is 30.1 Å². The van der Waals surface area contributed by atoms with Crippen LogP contribution in [-0.2, 0) is 6.54 Å². The highest BCUT2D eigenvalue weighted by molar-refractivity contribution is 7.10. The van der Waals surface area contributed by atoms with Gasteiger partial charge in [0.15, 0.2) is 11.5 Å². The predicted molar refractivity (Wildman–Crippen MR) is 73.3 cm³/mol. The van der Waals surface area contributed by atoms with Crippen molar-refractivity contribution < 1.29 is 9.47 Å². The van der Waals surface area contributed by atoms with Crippen molar-refractivity contribution >= 4 is 11.3 Å². The molecule has 0 saturated heterocycles. The molecule has 3 nitrogen and oxygen atoms in total.